The number of rotatable bonds is 4. The van der Waals surface area contributed by atoms with Gasteiger partial charge in [0.1, 0.15) is 23.4 Å². The number of hydrogen-bond acceptors (Lipinski definition) is 7. The van der Waals surface area contributed by atoms with Crippen LogP contribution in [0.4, 0.5) is 0 Å². The van der Waals surface area contributed by atoms with E-state index in [1.54, 1.807) is 13.0 Å². The van der Waals surface area contributed by atoms with Crippen molar-refractivity contribution in [3.05, 3.63) is 35.5 Å². The molecular formula is C30H38O7. The maximum atomic E-state index is 13.8. The maximum Gasteiger partial charge on any atom is 0.334 e. The molecule has 3 aliphatic carbocycles. The average Bonchev–Trinajstić information content (AvgIpc) is 3.09. The molecule has 7 nitrogen and oxygen atoms in total. The number of esters is 2. The molecule has 0 bridgehead atoms. The van der Waals surface area contributed by atoms with Gasteiger partial charge >= 0.3 is 11.9 Å². The van der Waals surface area contributed by atoms with Crippen LogP contribution in [0.1, 0.15) is 72.6 Å². The number of hydrogen-bond donors (Lipinski definition) is 1. The Hall–Kier alpha value is -2.54. The molecule has 0 amide bonds. The highest BCUT2D eigenvalue weighted by Crippen LogP contribution is 2.61. The second kappa shape index (κ2) is 9.04. The van der Waals surface area contributed by atoms with Crippen LogP contribution in [0, 0.1) is 35.0 Å². The van der Waals surface area contributed by atoms with Crippen LogP contribution < -0.4 is 0 Å². The fourth-order valence-electron chi connectivity index (χ4n) is 7.95. The lowest BCUT2D eigenvalue weighted by molar-refractivity contribution is -0.151. The SMILES string of the molecule is C=C1C(=O)O[C@@H]2C[C@@H](C)[C@]3(O)C=C(C(C)=O)[C@]4(CC3C[C@@H]12)C(=O)O[C@H]1C[C@H](C)C(CCC(C)=O)=CCC14. The van der Waals surface area contributed by atoms with Gasteiger partial charge in [-0.1, -0.05) is 32.1 Å². The van der Waals surface area contributed by atoms with Crippen molar-refractivity contribution in [3.63, 3.8) is 0 Å². The van der Waals surface area contributed by atoms with Crippen molar-refractivity contribution in [1.82, 2.24) is 0 Å². The van der Waals surface area contributed by atoms with E-state index >= 15 is 0 Å². The summed E-state index contributed by atoms with van der Waals surface area (Å²) in [7, 11) is 0. The molecule has 2 unspecified atom stereocenters. The van der Waals surface area contributed by atoms with Crippen LogP contribution in [0.15, 0.2) is 35.5 Å². The summed E-state index contributed by atoms with van der Waals surface area (Å²) in [6.45, 7) is 11.0. The first-order chi connectivity index (χ1) is 17.4. The van der Waals surface area contributed by atoms with E-state index in [0.29, 0.717) is 49.7 Å². The molecule has 0 aromatic heterocycles. The maximum absolute atomic E-state index is 13.8. The van der Waals surface area contributed by atoms with E-state index in [-0.39, 0.29) is 71.7 Å². The lowest BCUT2D eigenvalue weighted by Gasteiger charge is -2.48. The van der Waals surface area contributed by atoms with Crippen LogP contribution in [-0.4, -0.2) is 46.4 Å². The van der Waals surface area contributed by atoms with Crippen LogP contribution in [0.2, 0.25) is 0 Å². The quantitative estimate of drug-likeness (QED) is 0.346. The number of aliphatic hydroxyl groups is 1. The Morgan fingerprint density at radius 2 is 1.84 bits per heavy atom. The third kappa shape index (κ3) is 3.96. The molecule has 3 fully saturated rings. The van der Waals surface area contributed by atoms with Crippen LogP contribution in [0.3, 0.4) is 0 Å². The standard InChI is InChI=1S/C30H38O7/c1-15-10-26-23(9-8-20(15)7-6-17(3)31)29(28(34)37-26)13-21-12-22-18(4)27(33)36-25(22)11-16(2)30(21,35)14-24(29)19(5)32/h8,14-16,21-23,25-26,35H,4,6-7,9-13H2,1-3,5H3/t15-,16+,21?,22-,23?,25+,26-,29+,30+/m0/s1. The minimum atomic E-state index is -1.30. The molecule has 5 aliphatic rings. The van der Waals surface area contributed by atoms with Crippen molar-refractivity contribution in [2.24, 2.45) is 35.0 Å². The number of allylic oxidation sites excluding steroid dienone is 2. The molecule has 5 rings (SSSR count). The number of carbonyl (C=O) groups is 4. The van der Waals surface area contributed by atoms with Crippen LogP contribution in [0.5, 0.6) is 0 Å². The summed E-state index contributed by atoms with van der Waals surface area (Å²) in [6.07, 6.45) is 6.70. The Labute approximate surface area is 218 Å². The van der Waals surface area contributed by atoms with Gasteiger partial charge in [-0.05, 0) is 76.2 Å². The molecule has 1 spiro atoms. The predicted molar refractivity (Wildman–Crippen MR) is 135 cm³/mol. The lowest BCUT2D eigenvalue weighted by Crippen LogP contribution is -2.53. The molecule has 0 radical (unpaired) electrons. The summed E-state index contributed by atoms with van der Waals surface area (Å²) in [5, 5.41) is 12.1. The van der Waals surface area contributed by atoms with Gasteiger partial charge in [-0.3, -0.25) is 9.59 Å². The van der Waals surface area contributed by atoms with Crippen molar-refractivity contribution in [2.75, 3.05) is 0 Å². The Kier molecular flexibility index (Phi) is 6.37. The third-order valence-electron chi connectivity index (χ3n) is 10.1. The molecular weight excluding hydrogens is 472 g/mol. The van der Waals surface area contributed by atoms with E-state index < -0.39 is 11.0 Å². The molecule has 37 heavy (non-hydrogen) atoms. The van der Waals surface area contributed by atoms with Crippen molar-refractivity contribution < 1.29 is 33.8 Å². The molecule has 2 aliphatic heterocycles. The van der Waals surface area contributed by atoms with E-state index in [1.165, 1.54) is 12.5 Å². The number of fused-ring (bicyclic) bond motifs is 4. The Balaban J connectivity index is 1.57. The fourth-order valence-corrected chi connectivity index (χ4v) is 7.95. The topological polar surface area (TPSA) is 107 Å². The molecule has 1 saturated carbocycles. The van der Waals surface area contributed by atoms with Crippen molar-refractivity contribution in [3.8, 4) is 0 Å². The molecule has 2 saturated heterocycles. The van der Waals surface area contributed by atoms with E-state index in [1.807, 2.05) is 6.92 Å². The highest BCUT2D eigenvalue weighted by atomic mass is 16.6. The summed E-state index contributed by atoms with van der Waals surface area (Å²) in [5.41, 5.74) is -0.483. The molecule has 200 valence electrons. The van der Waals surface area contributed by atoms with Crippen LogP contribution in [-0.2, 0) is 28.7 Å². The number of ketones is 2. The summed E-state index contributed by atoms with van der Waals surface area (Å²) in [4.78, 5) is 50.8. The smallest absolute Gasteiger partial charge is 0.334 e. The van der Waals surface area contributed by atoms with E-state index in [0.717, 1.165) is 0 Å². The van der Waals surface area contributed by atoms with Gasteiger partial charge in [0.2, 0.25) is 0 Å². The van der Waals surface area contributed by atoms with Crippen molar-refractivity contribution in [2.45, 2.75) is 90.4 Å². The number of Topliss-reactive ketones (excluding diaryl/α,β-unsaturated/α-hetero) is 2. The molecule has 0 aromatic carbocycles. The molecule has 2 heterocycles. The van der Waals surface area contributed by atoms with E-state index in [2.05, 4.69) is 19.6 Å². The first-order valence-corrected chi connectivity index (χ1v) is 13.6. The largest absolute Gasteiger partial charge is 0.461 e. The first-order valence-electron chi connectivity index (χ1n) is 13.6. The van der Waals surface area contributed by atoms with Gasteiger partial charge in [0.25, 0.3) is 0 Å². The molecule has 0 aromatic rings. The highest BCUT2D eigenvalue weighted by Gasteiger charge is 2.66. The Bertz CT molecular complexity index is 1130. The zero-order valence-electron chi connectivity index (χ0n) is 22.2. The molecule has 9 atom stereocenters. The van der Waals surface area contributed by atoms with Gasteiger partial charge in [0.05, 0.1) is 5.60 Å². The normalized spacial score (nSPS) is 42.9. The van der Waals surface area contributed by atoms with Crippen LogP contribution >= 0.6 is 0 Å². The Morgan fingerprint density at radius 1 is 1.11 bits per heavy atom. The van der Waals surface area contributed by atoms with Gasteiger partial charge in [0.15, 0.2) is 5.78 Å². The average molecular weight is 511 g/mol. The summed E-state index contributed by atoms with van der Waals surface area (Å²) in [5.74, 6) is -1.80. The minimum absolute atomic E-state index is 0.144. The second-order valence-electron chi connectivity index (χ2n) is 12.2. The first kappa shape index (κ1) is 26.1. The molecule has 7 heteroatoms. The second-order valence-corrected chi connectivity index (χ2v) is 12.2. The van der Waals surface area contributed by atoms with Gasteiger partial charge in [-0.15, -0.1) is 0 Å². The third-order valence-corrected chi connectivity index (χ3v) is 10.1. The monoisotopic (exact) mass is 510 g/mol. The zero-order chi connectivity index (χ0) is 26.9. The predicted octanol–water partition coefficient (Wildman–Crippen LogP) is 4.03. The van der Waals surface area contributed by atoms with Gasteiger partial charge in [-0.25, -0.2) is 4.79 Å². The van der Waals surface area contributed by atoms with Crippen LogP contribution in [0.25, 0.3) is 0 Å². The summed E-state index contributed by atoms with van der Waals surface area (Å²) in [6, 6.07) is 0. The van der Waals surface area contributed by atoms with Crippen molar-refractivity contribution in [1.29, 1.82) is 0 Å². The molecule has 1 N–H and O–H groups in total. The summed E-state index contributed by atoms with van der Waals surface area (Å²) < 4.78 is 11.6. The fraction of sp³-hybridized carbons (Fsp3) is 0.667. The number of carbonyl (C=O) groups excluding carboxylic acids is 4. The van der Waals surface area contributed by atoms with E-state index in [4.69, 9.17) is 9.47 Å². The van der Waals surface area contributed by atoms with Crippen molar-refractivity contribution >= 4 is 23.5 Å². The van der Waals surface area contributed by atoms with Gasteiger partial charge < -0.3 is 19.4 Å². The highest BCUT2D eigenvalue weighted by molar-refractivity contribution is 6.03. The number of ether oxygens (including phenoxy) is 2. The van der Waals surface area contributed by atoms with E-state index in [9.17, 15) is 24.3 Å². The zero-order valence-corrected chi connectivity index (χ0v) is 22.2. The Morgan fingerprint density at radius 3 is 2.51 bits per heavy atom. The van der Waals surface area contributed by atoms with Gasteiger partial charge in [0, 0.05) is 29.4 Å². The minimum Gasteiger partial charge on any atom is -0.461 e. The van der Waals surface area contributed by atoms with Gasteiger partial charge in [-0.2, -0.15) is 0 Å². The summed E-state index contributed by atoms with van der Waals surface area (Å²) >= 11 is 0. The lowest BCUT2D eigenvalue weighted by atomic mass is 9.54.